The molecule has 0 spiro atoms. The molecule has 0 bridgehead atoms. The number of amides is 3. The van der Waals surface area contributed by atoms with Gasteiger partial charge in [0.05, 0.1) is 6.54 Å². The van der Waals surface area contributed by atoms with Crippen molar-refractivity contribution in [2.75, 3.05) is 12.4 Å². The van der Waals surface area contributed by atoms with Crippen molar-refractivity contribution in [3.05, 3.63) is 77.1 Å². The number of urea groups is 1. The molecule has 1 aromatic heterocycles. The van der Waals surface area contributed by atoms with Crippen LogP contribution in [-0.2, 0) is 13.1 Å². The molecule has 34 heavy (non-hydrogen) atoms. The molecule has 0 saturated heterocycles. The lowest BCUT2D eigenvalue weighted by Gasteiger charge is -2.25. The molecule has 0 radical (unpaired) electrons. The van der Waals surface area contributed by atoms with Crippen LogP contribution in [0.1, 0.15) is 42.1 Å². The predicted molar refractivity (Wildman–Crippen MR) is 125 cm³/mol. The first-order valence-corrected chi connectivity index (χ1v) is 11.4. The SMILES string of the molecule is CN(Cc1nsc(NC(=O)NCc2cccc(F)c2)n1)C(=O)O.Fc1ccc(C2CCC2)cc1. The minimum Gasteiger partial charge on any atom is -0.465 e. The van der Waals surface area contributed by atoms with Crippen molar-refractivity contribution in [3.8, 4) is 0 Å². The van der Waals surface area contributed by atoms with Gasteiger partial charge in [-0.3, -0.25) is 5.32 Å². The molecular formula is C23H25F2N5O3S. The number of hydrogen-bond acceptors (Lipinski definition) is 5. The summed E-state index contributed by atoms with van der Waals surface area (Å²) < 4.78 is 29.4. The van der Waals surface area contributed by atoms with Crippen molar-refractivity contribution in [1.82, 2.24) is 19.6 Å². The summed E-state index contributed by atoms with van der Waals surface area (Å²) in [6, 6.07) is 12.3. The van der Waals surface area contributed by atoms with Gasteiger partial charge >= 0.3 is 12.1 Å². The second-order valence-electron chi connectivity index (χ2n) is 7.77. The van der Waals surface area contributed by atoms with E-state index in [1.54, 1.807) is 24.3 Å². The molecular weight excluding hydrogens is 464 g/mol. The zero-order valence-electron chi connectivity index (χ0n) is 18.5. The number of hydrogen-bond donors (Lipinski definition) is 3. The second-order valence-corrected chi connectivity index (χ2v) is 8.52. The van der Waals surface area contributed by atoms with Crippen molar-refractivity contribution < 1.29 is 23.5 Å². The van der Waals surface area contributed by atoms with Gasteiger partial charge in [0.25, 0.3) is 0 Å². The lowest BCUT2D eigenvalue weighted by atomic mass is 9.80. The lowest BCUT2D eigenvalue weighted by molar-refractivity contribution is 0.153. The van der Waals surface area contributed by atoms with Crippen molar-refractivity contribution in [2.24, 2.45) is 0 Å². The average Bonchev–Trinajstić information content (AvgIpc) is 3.19. The van der Waals surface area contributed by atoms with Crippen LogP contribution in [0.4, 0.5) is 23.5 Å². The second kappa shape index (κ2) is 12.0. The smallest absolute Gasteiger partial charge is 0.407 e. The molecule has 1 saturated carbocycles. The third-order valence-corrected chi connectivity index (χ3v) is 5.85. The third kappa shape index (κ3) is 7.77. The van der Waals surface area contributed by atoms with E-state index in [1.807, 2.05) is 12.1 Å². The molecule has 1 aliphatic carbocycles. The first-order valence-electron chi connectivity index (χ1n) is 10.6. The van der Waals surface area contributed by atoms with Crippen LogP contribution >= 0.6 is 11.5 Å². The van der Waals surface area contributed by atoms with Crippen LogP contribution in [0.5, 0.6) is 0 Å². The van der Waals surface area contributed by atoms with Gasteiger partial charge in [-0.05, 0) is 54.2 Å². The molecule has 1 heterocycles. The lowest BCUT2D eigenvalue weighted by Crippen LogP contribution is -2.28. The summed E-state index contributed by atoms with van der Waals surface area (Å²) in [4.78, 5) is 27.5. The molecule has 0 unspecified atom stereocenters. The van der Waals surface area contributed by atoms with Gasteiger partial charge in [-0.2, -0.15) is 4.37 Å². The topological polar surface area (TPSA) is 107 Å². The molecule has 180 valence electrons. The molecule has 1 aliphatic rings. The summed E-state index contributed by atoms with van der Waals surface area (Å²) in [7, 11) is 1.39. The van der Waals surface area contributed by atoms with E-state index in [2.05, 4.69) is 20.0 Å². The predicted octanol–water partition coefficient (Wildman–Crippen LogP) is 5.20. The third-order valence-electron chi connectivity index (χ3n) is 5.18. The molecule has 3 N–H and O–H groups in total. The van der Waals surface area contributed by atoms with E-state index in [0.717, 1.165) is 22.4 Å². The molecule has 2 aromatic carbocycles. The number of halogens is 2. The van der Waals surface area contributed by atoms with Crippen molar-refractivity contribution in [3.63, 3.8) is 0 Å². The highest BCUT2D eigenvalue weighted by molar-refractivity contribution is 7.09. The highest BCUT2D eigenvalue weighted by Crippen LogP contribution is 2.36. The minimum absolute atomic E-state index is 0.0262. The minimum atomic E-state index is -1.10. The summed E-state index contributed by atoms with van der Waals surface area (Å²) in [5.74, 6) is 0.505. The molecule has 3 aromatic rings. The van der Waals surface area contributed by atoms with E-state index in [1.165, 1.54) is 44.0 Å². The van der Waals surface area contributed by atoms with E-state index in [9.17, 15) is 18.4 Å². The Morgan fingerprint density at radius 1 is 1.15 bits per heavy atom. The van der Waals surface area contributed by atoms with Gasteiger partial charge in [-0.15, -0.1) is 0 Å². The number of anilines is 1. The number of benzene rings is 2. The first-order chi connectivity index (χ1) is 16.3. The fourth-order valence-corrected chi connectivity index (χ4v) is 3.67. The van der Waals surface area contributed by atoms with Crippen molar-refractivity contribution in [1.29, 1.82) is 0 Å². The first kappa shape index (κ1) is 25.0. The fourth-order valence-electron chi connectivity index (χ4n) is 3.10. The number of nitrogens with zero attached hydrogens (tertiary/aromatic N) is 3. The van der Waals surface area contributed by atoms with E-state index in [4.69, 9.17) is 5.11 Å². The van der Waals surface area contributed by atoms with Crippen LogP contribution in [-0.4, -0.2) is 38.5 Å². The van der Waals surface area contributed by atoms with Crippen molar-refractivity contribution >= 4 is 28.8 Å². The van der Waals surface area contributed by atoms with Gasteiger partial charge in [0.15, 0.2) is 5.82 Å². The molecule has 11 heteroatoms. The van der Waals surface area contributed by atoms with Crippen LogP contribution < -0.4 is 10.6 Å². The van der Waals surface area contributed by atoms with Gasteiger partial charge in [0.1, 0.15) is 11.6 Å². The Morgan fingerprint density at radius 2 is 1.88 bits per heavy atom. The maximum atomic E-state index is 13.0. The maximum Gasteiger partial charge on any atom is 0.407 e. The standard InChI is InChI=1S/C13H14FN5O3S.C10H11F/c1-19(13(21)22)7-10-16-12(23-18-10)17-11(20)15-6-8-3-2-4-9(14)5-8;11-10-6-4-9(5-7-10)8-2-1-3-8/h2-5H,6-7H2,1H3,(H,21,22)(H2,15,16,17,18,20);4-8H,1-3H2. The zero-order chi connectivity index (χ0) is 24.5. The molecule has 0 aliphatic heterocycles. The Bertz CT molecular complexity index is 1110. The Kier molecular flexibility index (Phi) is 8.86. The van der Waals surface area contributed by atoms with Gasteiger partial charge in [0, 0.05) is 25.1 Å². The van der Waals surface area contributed by atoms with Crippen LogP contribution in [0.15, 0.2) is 48.5 Å². The average molecular weight is 490 g/mol. The van der Waals surface area contributed by atoms with Crippen LogP contribution in [0.3, 0.4) is 0 Å². The Balaban J connectivity index is 0.000000243. The highest BCUT2D eigenvalue weighted by atomic mass is 32.1. The molecule has 4 rings (SSSR count). The number of aromatic nitrogens is 2. The van der Waals surface area contributed by atoms with Gasteiger partial charge in [-0.1, -0.05) is 30.7 Å². The van der Waals surface area contributed by atoms with Gasteiger partial charge < -0.3 is 15.3 Å². The molecule has 1 fully saturated rings. The normalized spacial score (nSPS) is 12.7. The zero-order valence-corrected chi connectivity index (χ0v) is 19.3. The number of carboxylic acid groups (broad SMARTS) is 1. The monoisotopic (exact) mass is 489 g/mol. The van der Waals surface area contributed by atoms with Gasteiger partial charge in [0.2, 0.25) is 5.13 Å². The van der Waals surface area contributed by atoms with Gasteiger partial charge in [-0.25, -0.2) is 23.4 Å². The summed E-state index contributed by atoms with van der Waals surface area (Å²) in [6.45, 7) is 0.190. The number of carbonyl (C=O) groups is 2. The summed E-state index contributed by atoms with van der Waals surface area (Å²) in [6.07, 6.45) is 2.81. The van der Waals surface area contributed by atoms with E-state index in [0.29, 0.717) is 11.4 Å². The summed E-state index contributed by atoms with van der Waals surface area (Å²) >= 11 is 0.943. The molecule has 3 amide bonds. The fraction of sp³-hybridized carbons (Fsp3) is 0.304. The van der Waals surface area contributed by atoms with Crippen LogP contribution in [0, 0.1) is 11.6 Å². The number of rotatable bonds is 6. The van der Waals surface area contributed by atoms with Crippen LogP contribution in [0.25, 0.3) is 0 Å². The summed E-state index contributed by atoms with van der Waals surface area (Å²) in [5, 5.41) is 14.1. The maximum absolute atomic E-state index is 13.0. The van der Waals surface area contributed by atoms with Crippen LogP contribution in [0.2, 0.25) is 0 Å². The Labute approximate surface area is 199 Å². The molecule has 0 atom stereocenters. The largest absolute Gasteiger partial charge is 0.465 e. The molecule has 8 nitrogen and oxygen atoms in total. The summed E-state index contributed by atoms with van der Waals surface area (Å²) in [5.41, 5.74) is 1.93. The number of carbonyl (C=O) groups excluding carboxylic acids is 1. The number of nitrogens with one attached hydrogen (secondary N) is 2. The highest BCUT2D eigenvalue weighted by Gasteiger charge is 2.18. The Morgan fingerprint density at radius 3 is 2.50 bits per heavy atom. The van der Waals surface area contributed by atoms with E-state index >= 15 is 0 Å². The van der Waals surface area contributed by atoms with E-state index in [-0.39, 0.29) is 29.9 Å². The Hall–Kier alpha value is -3.60. The van der Waals surface area contributed by atoms with E-state index < -0.39 is 12.1 Å². The quantitative estimate of drug-likeness (QED) is 0.441. The van der Waals surface area contributed by atoms with Crippen molar-refractivity contribution in [2.45, 2.75) is 38.3 Å².